The first kappa shape index (κ1) is 14.7. The van der Waals surface area contributed by atoms with E-state index in [1.807, 2.05) is 11.4 Å². The molecule has 2 rings (SSSR count). The molecule has 5 nitrogen and oxygen atoms in total. The van der Waals surface area contributed by atoms with Crippen LogP contribution in [0.25, 0.3) is 0 Å². The number of sulfonamides is 1. The molecule has 0 aliphatic rings. The predicted molar refractivity (Wildman–Crippen MR) is 76.8 cm³/mol. The zero-order valence-electron chi connectivity index (χ0n) is 10.6. The lowest BCUT2D eigenvalue weighted by Crippen LogP contribution is -2.25. The van der Waals surface area contributed by atoms with Gasteiger partial charge in [0.1, 0.15) is 0 Å². The van der Waals surface area contributed by atoms with Crippen LogP contribution in [0.4, 0.5) is 0 Å². The Hall–Kier alpha value is -1.75. The summed E-state index contributed by atoms with van der Waals surface area (Å²) in [4.78, 5) is 4.30. The van der Waals surface area contributed by atoms with Gasteiger partial charge in [0.05, 0.1) is 22.4 Å². The largest absolute Gasteiger partial charge is 0.250 e. The average Bonchev–Trinajstić information content (AvgIpc) is 2.93. The van der Waals surface area contributed by atoms with E-state index < -0.39 is 10.0 Å². The van der Waals surface area contributed by atoms with Crippen LogP contribution in [0.3, 0.4) is 0 Å². The maximum absolute atomic E-state index is 12.0. The molecular weight excluding hydrogens is 294 g/mol. The normalized spacial score (nSPS) is 11.2. The lowest BCUT2D eigenvalue weighted by molar-refractivity contribution is 0.581. The van der Waals surface area contributed by atoms with Crippen LogP contribution < -0.4 is 4.72 Å². The van der Waals surface area contributed by atoms with Gasteiger partial charge in [-0.25, -0.2) is 18.1 Å². The van der Waals surface area contributed by atoms with Gasteiger partial charge >= 0.3 is 0 Å². The van der Waals surface area contributed by atoms with E-state index in [1.165, 1.54) is 23.5 Å². The van der Waals surface area contributed by atoms with Gasteiger partial charge in [-0.15, -0.1) is 11.3 Å². The van der Waals surface area contributed by atoms with Gasteiger partial charge in [0.15, 0.2) is 0 Å². The molecule has 1 heterocycles. The summed E-state index contributed by atoms with van der Waals surface area (Å²) in [6, 6.07) is 8.35. The molecular formula is C13H13N3O2S2. The van der Waals surface area contributed by atoms with Crippen molar-refractivity contribution in [3.05, 3.63) is 46.4 Å². The van der Waals surface area contributed by atoms with Gasteiger partial charge in [0, 0.05) is 24.5 Å². The highest BCUT2D eigenvalue weighted by Gasteiger charge is 2.13. The molecule has 2 aromatic rings. The number of nitriles is 1. The van der Waals surface area contributed by atoms with Crippen LogP contribution in [0.5, 0.6) is 0 Å². The van der Waals surface area contributed by atoms with Crippen molar-refractivity contribution in [2.24, 2.45) is 0 Å². The van der Waals surface area contributed by atoms with E-state index in [0.29, 0.717) is 13.0 Å². The number of nitrogens with one attached hydrogen (secondary N) is 1. The predicted octanol–water partition coefficient (Wildman–Crippen LogP) is 1.73. The van der Waals surface area contributed by atoms with Gasteiger partial charge in [-0.2, -0.15) is 5.26 Å². The lowest BCUT2D eigenvalue weighted by atomic mass is 10.2. The first-order valence-electron chi connectivity index (χ1n) is 5.96. The summed E-state index contributed by atoms with van der Waals surface area (Å²) >= 11 is 1.50. The smallest absolute Gasteiger partial charge is 0.240 e. The minimum Gasteiger partial charge on any atom is -0.250 e. The standard InChI is InChI=1S/C13H13N3O2S2/c14-7-5-11-1-3-12(4-2-11)20(17,18)16-8-6-13-15-9-10-19-13/h1-4,9-10,16H,5-6,8H2. The molecule has 0 aliphatic carbocycles. The SMILES string of the molecule is N#CCc1ccc(S(=O)(=O)NCCc2nccs2)cc1. The van der Waals surface area contributed by atoms with Gasteiger partial charge in [-0.1, -0.05) is 12.1 Å². The minimum atomic E-state index is -3.50. The van der Waals surface area contributed by atoms with E-state index in [2.05, 4.69) is 9.71 Å². The topological polar surface area (TPSA) is 82.8 Å². The molecule has 0 spiro atoms. The molecule has 0 saturated carbocycles. The molecule has 0 radical (unpaired) electrons. The van der Waals surface area contributed by atoms with Crippen molar-refractivity contribution in [1.29, 1.82) is 5.26 Å². The van der Waals surface area contributed by atoms with Crippen LogP contribution in [0.15, 0.2) is 40.7 Å². The molecule has 0 aliphatic heterocycles. The fraction of sp³-hybridized carbons (Fsp3) is 0.231. The summed E-state index contributed by atoms with van der Waals surface area (Å²) in [5, 5.41) is 11.3. The third-order valence-electron chi connectivity index (χ3n) is 2.63. The van der Waals surface area contributed by atoms with Crippen molar-refractivity contribution in [2.45, 2.75) is 17.7 Å². The Bertz CT molecular complexity index is 686. The fourth-order valence-corrected chi connectivity index (χ4v) is 3.28. The molecule has 0 amide bonds. The second-order valence-electron chi connectivity index (χ2n) is 4.05. The molecule has 1 aromatic carbocycles. The van der Waals surface area contributed by atoms with Gasteiger partial charge < -0.3 is 0 Å². The Labute approximate surface area is 122 Å². The highest BCUT2D eigenvalue weighted by molar-refractivity contribution is 7.89. The van der Waals surface area contributed by atoms with Crippen LogP contribution in [-0.4, -0.2) is 19.9 Å². The Morgan fingerprint density at radius 2 is 2.05 bits per heavy atom. The van der Waals surface area contributed by atoms with Crippen LogP contribution in [0, 0.1) is 11.3 Å². The molecule has 0 fully saturated rings. The number of hydrogen-bond acceptors (Lipinski definition) is 5. The zero-order chi connectivity index (χ0) is 14.4. The Balaban J connectivity index is 1.97. The quantitative estimate of drug-likeness (QED) is 0.881. The second kappa shape index (κ2) is 6.61. The molecule has 0 bridgehead atoms. The second-order valence-corrected chi connectivity index (χ2v) is 6.80. The summed E-state index contributed by atoms with van der Waals surface area (Å²) in [5.41, 5.74) is 0.800. The molecule has 20 heavy (non-hydrogen) atoms. The molecule has 0 unspecified atom stereocenters. The maximum atomic E-state index is 12.0. The first-order chi connectivity index (χ1) is 9.62. The van der Waals surface area contributed by atoms with Crippen molar-refractivity contribution in [1.82, 2.24) is 9.71 Å². The van der Waals surface area contributed by atoms with Crippen molar-refractivity contribution in [3.63, 3.8) is 0 Å². The number of nitrogens with zero attached hydrogens (tertiary/aromatic N) is 2. The van der Waals surface area contributed by atoms with Gasteiger partial charge in [-0.3, -0.25) is 0 Å². The lowest BCUT2D eigenvalue weighted by Gasteiger charge is -2.06. The summed E-state index contributed by atoms with van der Waals surface area (Å²) in [6.45, 7) is 0.315. The van der Waals surface area contributed by atoms with E-state index in [4.69, 9.17) is 5.26 Å². The Morgan fingerprint density at radius 3 is 2.65 bits per heavy atom. The Morgan fingerprint density at radius 1 is 1.30 bits per heavy atom. The monoisotopic (exact) mass is 307 g/mol. The van der Waals surface area contributed by atoms with Crippen LogP contribution in [0.1, 0.15) is 10.6 Å². The van der Waals surface area contributed by atoms with Crippen LogP contribution >= 0.6 is 11.3 Å². The van der Waals surface area contributed by atoms with E-state index in [1.54, 1.807) is 18.3 Å². The third kappa shape index (κ3) is 3.87. The number of aromatic nitrogens is 1. The van der Waals surface area contributed by atoms with Gasteiger partial charge in [0.2, 0.25) is 10.0 Å². The number of rotatable bonds is 6. The summed E-state index contributed by atoms with van der Waals surface area (Å²) in [6.07, 6.45) is 2.55. The van der Waals surface area contributed by atoms with Crippen molar-refractivity contribution >= 4 is 21.4 Å². The van der Waals surface area contributed by atoms with Crippen molar-refractivity contribution in [3.8, 4) is 6.07 Å². The van der Waals surface area contributed by atoms with Gasteiger partial charge in [-0.05, 0) is 17.7 Å². The summed E-state index contributed by atoms with van der Waals surface area (Å²) < 4.78 is 26.6. The molecule has 0 atom stereocenters. The minimum absolute atomic E-state index is 0.207. The summed E-state index contributed by atoms with van der Waals surface area (Å²) in [7, 11) is -3.50. The fourth-order valence-electron chi connectivity index (χ4n) is 1.63. The molecule has 104 valence electrons. The van der Waals surface area contributed by atoms with Crippen molar-refractivity contribution in [2.75, 3.05) is 6.54 Å². The van der Waals surface area contributed by atoms with Crippen molar-refractivity contribution < 1.29 is 8.42 Å². The van der Waals surface area contributed by atoms with Crippen LogP contribution in [-0.2, 0) is 22.9 Å². The van der Waals surface area contributed by atoms with E-state index >= 15 is 0 Å². The molecule has 7 heteroatoms. The summed E-state index contributed by atoms with van der Waals surface area (Å²) in [5.74, 6) is 0. The number of hydrogen-bond donors (Lipinski definition) is 1. The highest BCUT2D eigenvalue weighted by Crippen LogP contribution is 2.11. The van der Waals surface area contributed by atoms with E-state index in [9.17, 15) is 8.42 Å². The molecule has 1 aromatic heterocycles. The van der Waals surface area contributed by atoms with Gasteiger partial charge in [0.25, 0.3) is 0 Å². The van der Waals surface area contributed by atoms with Crippen LogP contribution in [0.2, 0.25) is 0 Å². The third-order valence-corrected chi connectivity index (χ3v) is 4.95. The number of thiazole rings is 1. The van der Waals surface area contributed by atoms with E-state index in [-0.39, 0.29) is 11.3 Å². The molecule has 0 saturated heterocycles. The maximum Gasteiger partial charge on any atom is 0.240 e. The Kier molecular flexibility index (Phi) is 4.84. The van der Waals surface area contributed by atoms with E-state index in [0.717, 1.165) is 10.6 Å². The average molecular weight is 307 g/mol. The highest BCUT2D eigenvalue weighted by atomic mass is 32.2. The molecule has 1 N–H and O–H groups in total. The first-order valence-corrected chi connectivity index (χ1v) is 8.32. The number of benzene rings is 1. The zero-order valence-corrected chi connectivity index (χ0v) is 12.2.